The zero-order valence-electron chi connectivity index (χ0n) is 13.7. The van der Waals surface area contributed by atoms with Crippen LogP contribution >= 0.6 is 0 Å². The summed E-state index contributed by atoms with van der Waals surface area (Å²) in [4.78, 5) is 23.7. The third-order valence-corrected chi connectivity index (χ3v) is 3.70. The SMILES string of the molecule is C[C@@H](C(=O)Nc1ccc(OCc2ccccc2)cc1)n1occc1=O. The van der Waals surface area contributed by atoms with Crippen molar-refractivity contribution in [1.29, 1.82) is 0 Å². The number of amides is 1. The molecular formula is C19H18N2O4. The second-order valence-corrected chi connectivity index (χ2v) is 5.54. The quantitative estimate of drug-likeness (QED) is 0.749. The van der Waals surface area contributed by atoms with Crippen molar-refractivity contribution in [2.75, 3.05) is 5.32 Å². The van der Waals surface area contributed by atoms with Crippen LogP contribution in [0.15, 0.2) is 76.2 Å². The Morgan fingerprint density at radius 1 is 1.12 bits per heavy atom. The first kappa shape index (κ1) is 16.6. The zero-order valence-corrected chi connectivity index (χ0v) is 13.7. The van der Waals surface area contributed by atoms with E-state index in [1.165, 1.54) is 12.3 Å². The second kappa shape index (κ2) is 7.53. The minimum atomic E-state index is -0.739. The monoisotopic (exact) mass is 338 g/mol. The third kappa shape index (κ3) is 4.17. The predicted octanol–water partition coefficient (Wildman–Crippen LogP) is 3.22. The maximum atomic E-state index is 12.2. The van der Waals surface area contributed by atoms with Crippen LogP contribution < -0.4 is 15.6 Å². The molecule has 0 saturated carbocycles. The van der Waals surface area contributed by atoms with Crippen LogP contribution in [0.25, 0.3) is 0 Å². The van der Waals surface area contributed by atoms with E-state index >= 15 is 0 Å². The molecule has 2 aromatic carbocycles. The Bertz CT molecular complexity index is 882. The molecule has 0 saturated heterocycles. The van der Waals surface area contributed by atoms with Crippen LogP contribution in [0.5, 0.6) is 5.75 Å². The predicted molar refractivity (Wildman–Crippen MR) is 93.5 cm³/mol. The first-order chi connectivity index (χ1) is 12.1. The highest BCUT2D eigenvalue weighted by Gasteiger charge is 2.18. The number of carbonyl (C=O) groups is 1. The normalized spacial score (nSPS) is 11.7. The van der Waals surface area contributed by atoms with Gasteiger partial charge in [-0.15, -0.1) is 0 Å². The van der Waals surface area contributed by atoms with Gasteiger partial charge >= 0.3 is 0 Å². The van der Waals surface area contributed by atoms with Crippen molar-refractivity contribution in [3.63, 3.8) is 0 Å². The summed E-state index contributed by atoms with van der Waals surface area (Å²) in [5.41, 5.74) is 1.34. The fraction of sp³-hybridized carbons (Fsp3) is 0.158. The van der Waals surface area contributed by atoms with Crippen LogP contribution in [0.3, 0.4) is 0 Å². The van der Waals surface area contributed by atoms with E-state index in [1.54, 1.807) is 31.2 Å². The van der Waals surface area contributed by atoms with E-state index in [-0.39, 0.29) is 11.5 Å². The van der Waals surface area contributed by atoms with Crippen molar-refractivity contribution < 1.29 is 14.1 Å². The highest BCUT2D eigenvalue weighted by atomic mass is 16.5. The number of nitrogens with one attached hydrogen (secondary N) is 1. The highest BCUT2D eigenvalue weighted by molar-refractivity contribution is 5.93. The molecule has 0 spiro atoms. The molecule has 3 rings (SSSR count). The number of anilines is 1. The molecule has 0 radical (unpaired) electrons. The van der Waals surface area contributed by atoms with Crippen LogP contribution in [0.2, 0.25) is 0 Å². The third-order valence-electron chi connectivity index (χ3n) is 3.70. The summed E-state index contributed by atoms with van der Waals surface area (Å²) in [5, 5.41) is 2.74. The van der Waals surface area contributed by atoms with Crippen molar-refractivity contribution in [2.24, 2.45) is 0 Å². The van der Waals surface area contributed by atoms with E-state index in [4.69, 9.17) is 9.26 Å². The molecule has 0 fully saturated rings. The van der Waals surface area contributed by atoms with Gasteiger partial charge in [-0.25, -0.2) is 0 Å². The summed E-state index contributed by atoms with van der Waals surface area (Å²) in [6, 6.07) is 17.4. The number of rotatable bonds is 6. The summed E-state index contributed by atoms with van der Waals surface area (Å²) < 4.78 is 11.7. The average Bonchev–Trinajstić information content (AvgIpc) is 3.07. The van der Waals surface area contributed by atoms with Crippen LogP contribution in [0, 0.1) is 0 Å². The van der Waals surface area contributed by atoms with Crippen LogP contribution in [0.4, 0.5) is 5.69 Å². The first-order valence-corrected chi connectivity index (χ1v) is 7.87. The molecule has 6 heteroatoms. The molecule has 1 N–H and O–H groups in total. The van der Waals surface area contributed by atoms with Crippen molar-refractivity contribution in [3.8, 4) is 5.75 Å². The van der Waals surface area contributed by atoms with Crippen molar-refractivity contribution in [3.05, 3.63) is 82.8 Å². The minimum absolute atomic E-state index is 0.338. The Balaban J connectivity index is 1.58. The van der Waals surface area contributed by atoms with E-state index < -0.39 is 6.04 Å². The second-order valence-electron chi connectivity index (χ2n) is 5.54. The van der Waals surface area contributed by atoms with E-state index in [9.17, 15) is 9.59 Å². The molecule has 1 heterocycles. The van der Waals surface area contributed by atoms with Gasteiger partial charge in [0.1, 0.15) is 24.7 Å². The Morgan fingerprint density at radius 3 is 2.48 bits per heavy atom. The van der Waals surface area contributed by atoms with Gasteiger partial charge in [0.15, 0.2) is 0 Å². The zero-order chi connectivity index (χ0) is 17.6. The molecule has 0 aliphatic heterocycles. The van der Waals surface area contributed by atoms with Gasteiger partial charge in [0, 0.05) is 11.8 Å². The molecule has 1 atom stereocenters. The molecule has 6 nitrogen and oxygen atoms in total. The standard InChI is InChI=1S/C19H18N2O4/c1-14(21-18(22)11-12-25-21)19(23)20-16-7-9-17(10-8-16)24-13-15-5-3-2-4-6-15/h2-12,14H,13H2,1H3,(H,20,23)/t14-/m0/s1. The Labute approximate surface area is 144 Å². The van der Waals surface area contributed by atoms with E-state index in [1.807, 2.05) is 30.3 Å². The molecule has 128 valence electrons. The largest absolute Gasteiger partial charge is 0.489 e. The fourth-order valence-electron chi connectivity index (χ4n) is 2.29. The first-order valence-electron chi connectivity index (χ1n) is 7.87. The van der Waals surface area contributed by atoms with Gasteiger partial charge in [-0.3, -0.25) is 9.59 Å². The summed E-state index contributed by atoms with van der Waals surface area (Å²) in [7, 11) is 0. The molecule has 0 aliphatic rings. The molecule has 0 aliphatic carbocycles. The minimum Gasteiger partial charge on any atom is -0.489 e. The van der Waals surface area contributed by atoms with E-state index in [2.05, 4.69) is 5.32 Å². The summed E-state index contributed by atoms with van der Waals surface area (Å²) in [6.07, 6.45) is 1.25. The topological polar surface area (TPSA) is 73.5 Å². The Morgan fingerprint density at radius 2 is 1.84 bits per heavy atom. The molecule has 0 bridgehead atoms. The summed E-state index contributed by atoms with van der Waals surface area (Å²) in [6.45, 7) is 2.07. The smallest absolute Gasteiger partial charge is 0.283 e. The summed E-state index contributed by atoms with van der Waals surface area (Å²) >= 11 is 0. The maximum Gasteiger partial charge on any atom is 0.283 e. The lowest BCUT2D eigenvalue weighted by Gasteiger charge is -2.12. The van der Waals surface area contributed by atoms with Gasteiger partial charge < -0.3 is 14.6 Å². The molecule has 1 amide bonds. The number of nitrogens with zero attached hydrogens (tertiary/aromatic N) is 1. The fourth-order valence-corrected chi connectivity index (χ4v) is 2.29. The van der Waals surface area contributed by atoms with Gasteiger partial charge in [0.05, 0.1) is 0 Å². The van der Waals surface area contributed by atoms with Crippen LogP contribution in [0.1, 0.15) is 18.5 Å². The lowest BCUT2D eigenvalue weighted by Crippen LogP contribution is -2.28. The molecule has 0 unspecified atom stereocenters. The number of hydrogen-bond donors (Lipinski definition) is 1. The lowest BCUT2D eigenvalue weighted by atomic mass is 10.2. The maximum absolute atomic E-state index is 12.2. The number of ether oxygens (including phenoxy) is 1. The molecular weight excluding hydrogens is 320 g/mol. The van der Waals surface area contributed by atoms with Gasteiger partial charge in [-0.1, -0.05) is 30.3 Å². The number of hydrogen-bond acceptors (Lipinski definition) is 4. The van der Waals surface area contributed by atoms with E-state index in [0.717, 1.165) is 10.3 Å². The van der Waals surface area contributed by atoms with Gasteiger partial charge in [-0.2, -0.15) is 4.74 Å². The molecule has 3 aromatic rings. The Hall–Kier alpha value is -3.28. The van der Waals surface area contributed by atoms with Gasteiger partial charge in [-0.05, 0) is 36.8 Å². The van der Waals surface area contributed by atoms with Crippen molar-refractivity contribution in [1.82, 2.24) is 4.74 Å². The number of benzene rings is 2. The molecule has 25 heavy (non-hydrogen) atoms. The van der Waals surface area contributed by atoms with Crippen molar-refractivity contribution >= 4 is 11.6 Å². The van der Waals surface area contributed by atoms with Gasteiger partial charge in [0.25, 0.3) is 11.5 Å². The number of aromatic nitrogens is 1. The highest BCUT2D eigenvalue weighted by Crippen LogP contribution is 2.18. The Kier molecular flexibility index (Phi) is 4.99. The van der Waals surface area contributed by atoms with Crippen LogP contribution in [-0.4, -0.2) is 10.6 Å². The van der Waals surface area contributed by atoms with Gasteiger partial charge in [0.2, 0.25) is 0 Å². The average molecular weight is 338 g/mol. The molecule has 1 aromatic heterocycles. The lowest BCUT2D eigenvalue weighted by molar-refractivity contribution is -0.120. The van der Waals surface area contributed by atoms with Crippen LogP contribution in [-0.2, 0) is 11.4 Å². The summed E-state index contributed by atoms with van der Waals surface area (Å²) in [5.74, 6) is 0.368. The number of carbonyl (C=O) groups excluding carboxylic acids is 1. The van der Waals surface area contributed by atoms with Crippen molar-refractivity contribution in [2.45, 2.75) is 19.6 Å². The van der Waals surface area contributed by atoms with E-state index in [0.29, 0.717) is 18.0 Å².